The second-order valence-corrected chi connectivity index (χ2v) is 1.89. The topological polar surface area (TPSA) is 43.1 Å². The van der Waals surface area contributed by atoms with E-state index in [0.29, 0.717) is 0 Å². The highest BCUT2D eigenvalue weighted by Gasteiger charge is 2.03. The molecule has 0 aliphatic rings. The minimum absolute atomic E-state index is 0.0527. The van der Waals surface area contributed by atoms with Crippen LogP contribution in [0.15, 0.2) is 36.0 Å². The van der Waals surface area contributed by atoms with Crippen LogP contribution in [0.25, 0.3) is 0 Å². The van der Waals surface area contributed by atoms with E-state index in [9.17, 15) is 10.1 Å². The average molecular weight is 149 g/mol. The smallest absolute Gasteiger partial charge is 0.236 e. The van der Waals surface area contributed by atoms with Crippen LogP contribution in [0, 0.1) is 10.1 Å². The summed E-state index contributed by atoms with van der Waals surface area (Å²) in [4.78, 5) is 9.59. The Morgan fingerprint density at radius 1 is 1.73 bits per heavy atom. The predicted molar refractivity (Wildman–Crippen MR) is 44.8 cm³/mol. The highest BCUT2D eigenvalue weighted by molar-refractivity contribution is 6.23. The maximum Gasteiger partial charge on any atom is 0.236 e. The van der Waals surface area contributed by atoms with Crippen molar-refractivity contribution in [1.82, 2.24) is 0 Å². The fourth-order valence-electron chi connectivity index (χ4n) is 0.398. The van der Waals surface area contributed by atoms with Gasteiger partial charge in [0.1, 0.15) is 7.85 Å². The molecule has 0 rings (SSSR count). The second kappa shape index (κ2) is 4.49. The van der Waals surface area contributed by atoms with E-state index < -0.39 is 4.92 Å². The Morgan fingerprint density at radius 3 is 2.64 bits per heavy atom. The van der Waals surface area contributed by atoms with Gasteiger partial charge in [-0.15, -0.1) is 0 Å². The van der Waals surface area contributed by atoms with E-state index >= 15 is 0 Å². The molecule has 0 fully saturated rings. The monoisotopic (exact) mass is 149 g/mol. The average Bonchev–Trinajstić information content (AvgIpc) is 1.98. The number of allylic oxidation sites excluding steroid dienone is 5. The summed E-state index contributed by atoms with van der Waals surface area (Å²) in [7, 11) is 5.31. The van der Waals surface area contributed by atoms with Gasteiger partial charge in [-0.3, -0.25) is 10.1 Å². The molecule has 0 aliphatic heterocycles. The molecular weight excluding hydrogens is 141 g/mol. The first kappa shape index (κ1) is 9.68. The van der Waals surface area contributed by atoms with E-state index in [4.69, 9.17) is 7.85 Å². The molecule has 0 aromatic heterocycles. The van der Waals surface area contributed by atoms with E-state index in [1.165, 1.54) is 19.1 Å². The van der Waals surface area contributed by atoms with Crippen molar-refractivity contribution in [2.45, 2.75) is 6.92 Å². The van der Waals surface area contributed by atoms with Gasteiger partial charge in [0, 0.05) is 6.92 Å². The van der Waals surface area contributed by atoms with E-state index in [0.717, 1.165) is 0 Å². The molecule has 0 aromatic carbocycles. The highest BCUT2D eigenvalue weighted by atomic mass is 16.6. The lowest BCUT2D eigenvalue weighted by atomic mass is 9.93. The molecule has 3 nitrogen and oxygen atoms in total. The van der Waals surface area contributed by atoms with Crippen molar-refractivity contribution in [3.8, 4) is 0 Å². The van der Waals surface area contributed by atoms with Crippen LogP contribution in [-0.4, -0.2) is 12.8 Å². The van der Waals surface area contributed by atoms with Gasteiger partial charge in [-0.2, -0.15) is 0 Å². The first-order valence-corrected chi connectivity index (χ1v) is 2.99. The Kier molecular flexibility index (Phi) is 3.96. The lowest BCUT2D eigenvalue weighted by Crippen LogP contribution is -1.97. The number of nitro groups is 1. The highest BCUT2D eigenvalue weighted by Crippen LogP contribution is 2.01. The van der Waals surface area contributed by atoms with Crippen LogP contribution < -0.4 is 0 Å². The Morgan fingerprint density at radius 2 is 2.27 bits per heavy atom. The summed E-state index contributed by atoms with van der Waals surface area (Å²) in [5, 5.41) is 10.1. The Bertz CT molecular complexity index is 231. The summed E-state index contributed by atoms with van der Waals surface area (Å²) in [5.74, 6) is 0. The molecule has 0 N–H and O–H groups in total. The van der Waals surface area contributed by atoms with Gasteiger partial charge in [-0.1, -0.05) is 24.8 Å². The first-order valence-electron chi connectivity index (χ1n) is 2.99. The van der Waals surface area contributed by atoms with Crippen molar-refractivity contribution < 1.29 is 4.92 Å². The lowest BCUT2D eigenvalue weighted by Gasteiger charge is -1.92. The molecule has 0 aliphatic carbocycles. The predicted octanol–water partition coefficient (Wildman–Crippen LogP) is 1.41. The molecule has 0 atom stereocenters. The first-order chi connectivity index (χ1) is 5.09. The fourth-order valence-corrected chi connectivity index (χ4v) is 0.398. The van der Waals surface area contributed by atoms with Gasteiger partial charge in [0.05, 0.1) is 4.92 Å². The van der Waals surface area contributed by atoms with Gasteiger partial charge in [0.2, 0.25) is 5.70 Å². The van der Waals surface area contributed by atoms with Crippen molar-refractivity contribution in [3.05, 3.63) is 46.1 Å². The number of hydrogen-bond acceptors (Lipinski definition) is 2. The molecule has 56 valence electrons. The molecular formula is C7H8BNO2. The van der Waals surface area contributed by atoms with Crippen LogP contribution >= 0.6 is 0 Å². The minimum atomic E-state index is -0.525. The molecule has 0 saturated carbocycles. The van der Waals surface area contributed by atoms with Crippen LogP contribution in [0.4, 0.5) is 0 Å². The fraction of sp³-hybridized carbons (Fsp3) is 0.143. The van der Waals surface area contributed by atoms with Gasteiger partial charge >= 0.3 is 0 Å². The van der Waals surface area contributed by atoms with Crippen molar-refractivity contribution >= 4 is 7.85 Å². The zero-order valence-corrected chi connectivity index (χ0v) is 6.28. The van der Waals surface area contributed by atoms with Crippen LogP contribution in [0.3, 0.4) is 0 Å². The second-order valence-electron chi connectivity index (χ2n) is 1.89. The van der Waals surface area contributed by atoms with Gasteiger partial charge in [-0.25, -0.2) is 0 Å². The number of rotatable bonds is 3. The molecule has 0 unspecified atom stereocenters. The molecule has 0 aromatic rings. The van der Waals surface area contributed by atoms with Crippen molar-refractivity contribution in [1.29, 1.82) is 0 Å². The third-order valence-electron chi connectivity index (χ3n) is 1.10. The summed E-state index contributed by atoms with van der Waals surface area (Å²) in [6.45, 7) is 4.75. The van der Waals surface area contributed by atoms with Crippen LogP contribution in [0.5, 0.6) is 0 Å². The Labute approximate surface area is 66.7 Å². The Balaban J connectivity index is 4.52. The van der Waals surface area contributed by atoms with E-state index in [2.05, 4.69) is 6.58 Å². The summed E-state index contributed by atoms with van der Waals surface area (Å²) in [6.07, 6.45) is 4.48. The van der Waals surface area contributed by atoms with Crippen molar-refractivity contribution in [3.63, 3.8) is 0 Å². The third-order valence-corrected chi connectivity index (χ3v) is 1.10. The SMILES string of the molecule is [B]C(/C=C\C=C)=C(/C)[N+](=O)[O-]. The molecule has 0 spiro atoms. The summed E-state index contributed by atoms with van der Waals surface area (Å²) in [6, 6.07) is 0. The zero-order valence-electron chi connectivity index (χ0n) is 6.28. The maximum atomic E-state index is 10.1. The van der Waals surface area contributed by atoms with Gasteiger partial charge < -0.3 is 0 Å². The molecule has 0 amide bonds. The number of nitrogens with zero attached hydrogens (tertiary/aromatic N) is 1. The molecule has 2 radical (unpaired) electrons. The largest absolute Gasteiger partial charge is 0.259 e. The lowest BCUT2D eigenvalue weighted by molar-refractivity contribution is -0.424. The van der Waals surface area contributed by atoms with Crippen molar-refractivity contribution in [2.24, 2.45) is 0 Å². The summed E-state index contributed by atoms with van der Waals surface area (Å²) < 4.78 is 0. The molecule has 0 saturated heterocycles. The zero-order chi connectivity index (χ0) is 8.85. The minimum Gasteiger partial charge on any atom is -0.259 e. The molecule has 4 heteroatoms. The maximum absolute atomic E-state index is 10.1. The summed E-state index contributed by atoms with van der Waals surface area (Å²) >= 11 is 0. The normalized spacial score (nSPS) is 12.8. The van der Waals surface area contributed by atoms with E-state index in [-0.39, 0.29) is 11.2 Å². The van der Waals surface area contributed by atoms with E-state index in [1.807, 2.05) is 0 Å². The van der Waals surface area contributed by atoms with Gasteiger partial charge in [-0.05, 0) is 5.47 Å². The van der Waals surface area contributed by atoms with Gasteiger partial charge in [0.25, 0.3) is 0 Å². The number of hydrogen-bond donors (Lipinski definition) is 0. The van der Waals surface area contributed by atoms with E-state index in [1.54, 1.807) is 6.08 Å². The van der Waals surface area contributed by atoms with Crippen LogP contribution in [0.1, 0.15) is 6.92 Å². The Hall–Kier alpha value is -1.32. The van der Waals surface area contributed by atoms with Crippen LogP contribution in [0.2, 0.25) is 0 Å². The van der Waals surface area contributed by atoms with Crippen LogP contribution in [-0.2, 0) is 0 Å². The molecule has 0 bridgehead atoms. The third kappa shape index (κ3) is 3.40. The quantitative estimate of drug-likeness (QED) is 0.263. The van der Waals surface area contributed by atoms with Gasteiger partial charge in [0.15, 0.2) is 0 Å². The summed E-state index contributed by atoms with van der Waals surface area (Å²) in [5.41, 5.74) is 0.0954. The standard InChI is InChI=1S/C7H8BNO2/c1-3-4-5-7(8)6(2)9(10)11/h3-5H,1H2,2H3/b5-4-,7-6-. The molecule has 11 heavy (non-hydrogen) atoms. The molecule has 0 heterocycles. The van der Waals surface area contributed by atoms with Crippen molar-refractivity contribution in [2.75, 3.05) is 0 Å².